The van der Waals surface area contributed by atoms with Crippen molar-refractivity contribution in [2.75, 3.05) is 13.2 Å². The number of rotatable bonds is 2. The first-order chi connectivity index (χ1) is 8.78. The minimum Gasteiger partial charge on any atom is -0.486 e. The van der Waals surface area contributed by atoms with Crippen LogP contribution >= 0.6 is 0 Å². The van der Waals surface area contributed by atoms with Gasteiger partial charge in [-0.2, -0.15) is 5.10 Å². The Balaban J connectivity index is 2.06. The maximum Gasteiger partial charge on any atom is 0.162 e. The van der Waals surface area contributed by atoms with Crippen LogP contribution in [0.25, 0.3) is 11.4 Å². The highest BCUT2D eigenvalue weighted by Crippen LogP contribution is 2.33. The van der Waals surface area contributed by atoms with Crippen molar-refractivity contribution >= 4 is 0 Å². The highest BCUT2D eigenvalue weighted by molar-refractivity contribution is 5.61. The van der Waals surface area contributed by atoms with Gasteiger partial charge in [0.1, 0.15) is 19.0 Å². The number of fused-ring (bicyclic) bond motifs is 1. The van der Waals surface area contributed by atoms with E-state index in [4.69, 9.17) is 9.47 Å². The third-order valence-electron chi connectivity index (χ3n) is 2.88. The lowest BCUT2D eigenvalue weighted by molar-refractivity contribution is 0.171. The Kier molecular flexibility index (Phi) is 2.66. The smallest absolute Gasteiger partial charge is 0.162 e. The van der Waals surface area contributed by atoms with Gasteiger partial charge >= 0.3 is 0 Å². The van der Waals surface area contributed by atoms with E-state index in [1.165, 1.54) is 0 Å². The summed E-state index contributed by atoms with van der Waals surface area (Å²) in [6.07, 6.45) is 0. The van der Waals surface area contributed by atoms with Crippen molar-refractivity contribution in [3.8, 4) is 22.9 Å². The summed E-state index contributed by atoms with van der Waals surface area (Å²) >= 11 is 0. The Hall–Kier alpha value is -2.04. The number of hydrogen-bond donors (Lipinski definition) is 0. The molecule has 0 bridgehead atoms. The largest absolute Gasteiger partial charge is 0.486 e. The molecule has 1 aromatic heterocycles. The summed E-state index contributed by atoms with van der Waals surface area (Å²) in [5.74, 6) is 3.22. The van der Waals surface area contributed by atoms with Crippen LogP contribution in [0.5, 0.6) is 11.5 Å². The standard InChI is InChI=1S/C13H15N3O2/c1-3-16-13(14-9(2)15-16)10-4-5-11-12(8-10)18-7-6-17-11/h4-5,8H,3,6-7H2,1-2H3. The second kappa shape index (κ2) is 4.33. The first-order valence-corrected chi connectivity index (χ1v) is 6.09. The van der Waals surface area contributed by atoms with Gasteiger partial charge < -0.3 is 9.47 Å². The van der Waals surface area contributed by atoms with Gasteiger partial charge in [0.25, 0.3) is 0 Å². The van der Waals surface area contributed by atoms with Crippen LogP contribution in [0.2, 0.25) is 0 Å². The van der Waals surface area contributed by atoms with Crippen LogP contribution in [0.1, 0.15) is 12.7 Å². The molecule has 5 heteroatoms. The fourth-order valence-corrected chi connectivity index (χ4v) is 2.07. The van der Waals surface area contributed by atoms with Gasteiger partial charge in [-0.25, -0.2) is 9.67 Å². The molecular weight excluding hydrogens is 230 g/mol. The predicted molar refractivity (Wildman–Crippen MR) is 66.9 cm³/mol. The second-order valence-corrected chi connectivity index (χ2v) is 4.16. The molecule has 1 aliphatic heterocycles. The molecule has 0 saturated carbocycles. The number of aromatic nitrogens is 3. The zero-order valence-corrected chi connectivity index (χ0v) is 10.5. The lowest BCUT2D eigenvalue weighted by Gasteiger charge is -2.18. The summed E-state index contributed by atoms with van der Waals surface area (Å²) in [5.41, 5.74) is 1.00. The van der Waals surface area contributed by atoms with Crippen molar-refractivity contribution in [1.29, 1.82) is 0 Å². The van der Waals surface area contributed by atoms with E-state index in [1.54, 1.807) is 0 Å². The maximum absolute atomic E-state index is 5.58. The summed E-state index contributed by atoms with van der Waals surface area (Å²) in [6.45, 7) is 5.94. The van der Waals surface area contributed by atoms with Gasteiger partial charge in [-0.1, -0.05) is 0 Å². The van der Waals surface area contributed by atoms with Gasteiger partial charge in [0.2, 0.25) is 0 Å². The predicted octanol–water partition coefficient (Wildman–Crippen LogP) is 2.04. The third-order valence-corrected chi connectivity index (χ3v) is 2.88. The highest BCUT2D eigenvalue weighted by Gasteiger charge is 2.15. The molecule has 2 heterocycles. The molecular formula is C13H15N3O2. The first kappa shape index (κ1) is 11.1. The lowest BCUT2D eigenvalue weighted by Crippen LogP contribution is -2.15. The van der Waals surface area contributed by atoms with Crippen LogP contribution in [0.4, 0.5) is 0 Å². The van der Waals surface area contributed by atoms with Crippen molar-refractivity contribution in [3.05, 3.63) is 24.0 Å². The molecule has 0 radical (unpaired) electrons. The van der Waals surface area contributed by atoms with Crippen molar-refractivity contribution in [2.45, 2.75) is 20.4 Å². The lowest BCUT2D eigenvalue weighted by atomic mass is 10.2. The fraction of sp³-hybridized carbons (Fsp3) is 0.385. The molecule has 0 saturated heterocycles. The molecule has 2 aromatic rings. The van der Waals surface area contributed by atoms with E-state index in [-0.39, 0.29) is 0 Å². The molecule has 0 aliphatic carbocycles. The molecule has 0 fully saturated rings. The quantitative estimate of drug-likeness (QED) is 0.812. The average molecular weight is 245 g/mol. The van der Waals surface area contributed by atoms with Gasteiger partial charge in [-0.3, -0.25) is 0 Å². The number of aryl methyl sites for hydroxylation is 2. The van der Waals surface area contributed by atoms with Gasteiger partial charge in [-0.15, -0.1) is 0 Å². The van der Waals surface area contributed by atoms with Gasteiger partial charge in [0.05, 0.1) is 0 Å². The summed E-state index contributed by atoms with van der Waals surface area (Å²) in [6, 6.07) is 5.88. The van der Waals surface area contributed by atoms with E-state index >= 15 is 0 Å². The van der Waals surface area contributed by atoms with Gasteiger partial charge in [-0.05, 0) is 32.0 Å². The monoisotopic (exact) mass is 245 g/mol. The molecule has 5 nitrogen and oxygen atoms in total. The Morgan fingerprint density at radius 1 is 1.22 bits per heavy atom. The fourth-order valence-electron chi connectivity index (χ4n) is 2.07. The Morgan fingerprint density at radius 2 is 2.00 bits per heavy atom. The molecule has 0 spiro atoms. The van der Waals surface area contributed by atoms with Crippen LogP contribution in [0, 0.1) is 6.92 Å². The van der Waals surface area contributed by atoms with Crippen molar-refractivity contribution < 1.29 is 9.47 Å². The minimum absolute atomic E-state index is 0.593. The van der Waals surface area contributed by atoms with Crippen LogP contribution in [-0.2, 0) is 6.54 Å². The summed E-state index contributed by atoms with van der Waals surface area (Å²) < 4.78 is 13.0. The summed E-state index contributed by atoms with van der Waals surface area (Å²) in [4.78, 5) is 4.46. The van der Waals surface area contributed by atoms with Gasteiger partial charge in [0.15, 0.2) is 17.3 Å². The van der Waals surface area contributed by atoms with E-state index in [2.05, 4.69) is 17.0 Å². The average Bonchev–Trinajstić information content (AvgIpc) is 2.79. The molecule has 0 unspecified atom stereocenters. The van der Waals surface area contributed by atoms with Gasteiger partial charge in [0, 0.05) is 12.1 Å². The molecule has 18 heavy (non-hydrogen) atoms. The number of nitrogens with zero attached hydrogens (tertiary/aromatic N) is 3. The molecule has 0 amide bonds. The van der Waals surface area contributed by atoms with E-state index < -0.39 is 0 Å². The first-order valence-electron chi connectivity index (χ1n) is 6.09. The minimum atomic E-state index is 0.593. The number of ether oxygens (including phenoxy) is 2. The summed E-state index contributed by atoms with van der Waals surface area (Å²) in [5, 5.41) is 4.35. The van der Waals surface area contributed by atoms with E-state index in [0.29, 0.717) is 13.2 Å². The number of benzene rings is 1. The molecule has 1 aromatic carbocycles. The Morgan fingerprint density at radius 3 is 2.78 bits per heavy atom. The topological polar surface area (TPSA) is 49.2 Å². The summed E-state index contributed by atoms with van der Waals surface area (Å²) in [7, 11) is 0. The van der Waals surface area contributed by atoms with Crippen LogP contribution in [-0.4, -0.2) is 28.0 Å². The second-order valence-electron chi connectivity index (χ2n) is 4.16. The van der Waals surface area contributed by atoms with E-state index in [0.717, 1.165) is 35.3 Å². The number of hydrogen-bond acceptors (Lipinski definition) is 4. The Bertz CT molecular complexity index is 578. The normalized spacial score (nSPS) is 13.7. The van der Waals surface area contributed by atoms with Crippen molar-refractivity contribution in [3.63, 3.8) is 0 Å². The zero-order chi connectivity index (χ0) is 12.5. The maximum atomic E-state index is 5.58. The Labute approximate surface area is 105 Å². The zero-order valence-electron chi connectivity index (χ0n) is 10.5. The van der Waals surface area contributed by atoms with Crippen LogP contribution < -0.4 is 9.47 Å². The van der Waals surface area contributed by atoms with E-state index in [9.17, 15) is 0 Å². The third kappa shape index (κ3) is 1.81. The molecule has 3 rings (SSSR count). The molecule has 94 valence electrons. The molecule has 0 N–H and O–H groups in total. The molecule has 0 atom stereocenters. The molecule has 1 aliphatic rings. The van der Waals surface area contributed by atoms with E-state index in [1.807, 2.05) is 29.8 Å². The SMILES string of the molecule is CCn1nc(C)nc1-c1ccc2c(c1)OCCO2. The van der Waals surface area contributed by atoms with Crippen LogP contribution in [0.3, 0.4) is 0 Å². The van der Waals surface area contributed by atoms with Crippen molar-refractivity contribution in [2.24, 2.45) is 0 Å². The highest BCUT2D eigenvalue weighted by atomic mass is 16.6. The van der Waals surface area contributed by atoms with Crippen LogP contribution in [0.15, 0.2) is 18.2 Å². The van der Waals surface area contributed by atoms with Crippen molar-refractivity contribution in [1.82, 2.24) is 14.8 Å².